The molecule has 0 amide bonds. The number of hydrogen-bond donors (Lipinski definition) is 2. The Hall–Kier alpha value is -1.35. The van der Waals surface area contributed by atoms with E-state index in [1.165, 1.54) is 19.3 Å². The molecule has 1 saturated carbocycles. The summed E-state index contributed by atoms with van der Waals surface area (Å²) in [5.41, 5.74) is 7.30. The Labute approximate surface area is 145 Å². The Balaban J connectivity index is 0.00000192. The van der Waals surface area contributed by atoms with Crippen LogP contribution in [0.3, 0.4) is 0 Å². The van der Waals surface area contributed by atoms with Gasteiger partial charge in [-0.25, -0.2) is 0 Å². The van der Waals surface area contributed by atoms with Crippen molar-refractivity contribution in [3.05, 3.63) is 71.8 Å². The van der Waals surface area contributed by atoms with Crippen molar-refractivity contribution in [2.45, 2.75) is 43.7 Å². The second kappa shape index (κ2) is 7.96. The fraction of sp³-hybridized carbons (Fsp3) is 0.400. The standard InChI is InChI=1S/C20H25NO.ClH/c21-19(16-10-4-1-5-11-16)20(22,17-12-6-2-7-13-17)18-14-8-3-9-15-18;/h2-3,6-9,12-16,19,22H,1,4-5,10-11,21H2;1H. The Morgan fingerprint density at radius 2 is 1.26 bits per heavy atom. The minimum Gasteiger partial charge on any atom is -0.379 e. The van der Waals surface area contributed by atoms with E-state index in [-0.39, 0.29) is 18.4 Å². The predicted molar refractivity (Wildman–Crippen MR) is 97.7 cm³/mol. The summed E-state index contributed by atoms with van der Waals surface area (Å²) in [5.74, 6) is 0.374. The maximum Gasteiger partial charge on any atom is 0.130 e. The molecule has 2 aromatic rings. The zero-order valence-corrected chi connectivity index (χ0v) is 14.2. The van der Waals surface area contributed by atoms with Gasteiger partial charge in [0.15, 0.2) is 0 Å². The van der Waals surface area contributed by atoms with Gasteiger partial charge >= 0.3 is 0 Å². The summed E-state index contributed by atoms with van der Waals surface area (Å²) in [6, 6.07) is 19.5. The highest BCUT2D eigenvalue weighted by Gasteiger charge is 2.42. The Morgan fingerprint density at radius 3 is 1.70 bits per heavy atom. The summed E-state index contributed by atoms with van der Waals surface area (Å²) in [6.45, 7) is 0. The van der Waals surface area contributed by atoms with Crippen LogP contribution in [0.5, 0.6) is 0 Å². The molecule has 23 heavy (non-hydrogen) atoms. The van der Waals surface area contributed by atoms with E-state index in [1.54, 1.807) is 0 Å². The van der Waals surface area contributed by atoms with Crippen LogP contribution >= 0.6 is 12.4 Å². The van der Waals surface area contributed by atoms with Gasteiger partial charge in [-0.05, 0) is 29.9 Å². The van der Waals surface area contributed by atoms with E-state index in [9.17, 15) is 5.11 Å². The number of hydrogen-bond acceptors (Lipinski definition) is 2. The number of benzene rings is 2. The molecule has 0 saturated heterocycles. The van der Waals surface area contributed by atoms with Gasteiger partial charge in [0.1, 0.15) is 5.60 Å². The van der Waals surface area contributed by atoms with Crippen molar-refractivity contribution in [2.75, 3.05) is 0 Å². The molecule has 1 unspecified atom stereocenters. The smallest absolute Gasteiger partial charge is 0.130 e. The highest BCUT2D eigenvalue weighted by atomic mass is 35.5. The normalized spacial score (nSPS) is 17.3. The van der Waals surface area contributed by atoms with E-state index in [0.29, 0.717) is 5.92 Å². The van der Waals surface area contributed by atoms with Gasteiger partial charge in [-0.3, -0.25) is 0 Å². The highest BCUT2D eigenvalue weighted by Crippen LogP contribution is 2.39. The highest BCUT2D eigenvalue weighted by molar-refractivity contribution is 5.85. The van der Waals surface area contributed by atoms with Crippen LogP contribution in [-0.2, 0) is 5.60 Å². The molecule has 3 heteroatoms. The first-order chi connectivity index (χ1) is 10.7. The van der Waals surface area contributed by atoms with Crippen molar-refractivity contribution >= 4 is 12.4 Å². The fourth-order valence-electron chi connectivity index (χ4n) is 3.77. The van der Waals surface area contributed by atoms with Gasteiger partial charge in [0, 0.05) is 6.04 Å². The number of halogens is 1. The molecule has 2 aromatic carbocycles. The van der Waals surface area contributed by atoms with Crippen molar-refractivity contribution in [3.8, 4) is 0 Å². The first-order valence-corrected chi connectivity index (χ1v) is 8.32. The Bertz CT molecular complexity index is 542. The number of nitrogens with two attached hydrogens (primary N) is 1. The van der Waals surface area contributed by atoms with E-state index in [2.05, 4.69) is 0 Å². The van der Waals surface area contributed by atoms with Crippen LogP contribution in [0.2, 0.25) is 0 Å². The minimum absolute atomic E-state index is 0. The molecule has 124 valence electrons. The molecule has 1 aliphatic carbocycles. The fourth-order valence-corrected chi connectivity index (χ4v) is 3.77. The summed E-state index contributed by atoms with van der Waals surface area (Å²) in [4.78, 5) is 0. The van der Waals surface area contributed by atoms with Crippen LogP contribution in [0, 0.1) is 5.92 Å². The van der Waals surface area contributed by atoms with E-state index < -0.39 is 5.60 Å². The number of rotatable bonds is 4. The van der Waals surface area contributed by atoms with E-state index in [4.69, 9.17) is 5.73 Å². The molecule has 0 spiro atoms. The van der Waals surface area contributed by atoms with Crippen LogP contribution in [-0.4, -0.2) is 11.1 Å². The summed E-state index contributed by atoms with van der Waals surface area (Å²) in [7, 11) is 0. The van der Waals surface area contributed by atoms with Crippen molar-refractivity contribution in [2.24, 2.45) is 11.7 Å². The molecule has 0 heterocycles. The van der Waals surface area contributed by atoms with Gasteiger partial charge in [-0.2, -0.15) is 0 Å². The van der Waals surface area contributed by atoms with Gasteiger partial charge in [0.2, 0.25) is 0 Å². The van der Waals surface area contributed by atoms with E-state index >= 15 is 0 Å². The van der Waals surface area contributed by atoms with E-state index in [1.807, 2.05) is 60.7 Å². The summed E-state index contributed by atoms with van der Waals surface area (Å²) < 4.78 is 0. The molecule has 1 atom stereocenters. The molecule has 2 nitrogen and oxygen atoms in total. The minimum atomic E-state index is -1.12. The molecule has 1 fully saturated rings. The molecule has 3 rings (SSSR count). The molecular weight excluding hydrogens is 306 g/mol. The third-order valence-corrected chi connectivity index (χ3v) is 5.07. The summed E-state index contributed by atoms with van der Waals surface area (Å²) >= 11 is 0. The monoisotopic (exact) mass is 331 g/mol. The van der Waals surface area contributed by atoms with Crippen LogP contribution < -0.4 is 5.73 Å². The lowest BCUT2D eigenvalue weighted by molar-refractivity contribution is 0.0218. The van der Waals surface area contributed by atoms with Gasteiger partial charge < -0.3 is 10.8 Å². The molecule has 0 aromatic heterocycles. The van der Waals surface area contributed by atoms with Crippen molar-refractivity contribution in [1.82, 2.24) is 0 Å². The summed E-state index contributed by atoms with van der Waals surface area (Å²) in [5, 5.41) is 11.6. The second-order valence-electron chi connectivity index (χ2n) is 6.42. The first kappa shape index (κ1) is 18.0. The third kappa shape index (κ3) is 3.60. The van der Waals surface area contributed by atoms with Crippen LogP contribution in [0.1, 0.15) is 43.2 Å². The van der Waals surface area contributed by atoms with Crippen LogP contribution in [0.15, 0.2) is 60.7 Å². The van der Waals surface area contributed by atoms with E-state index in [0.717, 1.165) is 24.0 Å². The average molecular weight is 332 g/mol. The maximum atomic E-state index is 11.6. The molecule has 0 aliphatic heterocycles. The molecule has 1 aliphatic rings. The molecule has 0 radical (unpaired) electrons. The zero-order chi connectivity index (χ0) is 15.4. The van der Waals surface area contributed by atoms with Crippen molar-refractivity contribution in [3.63, 3.8) is 0 Å². The molecular formula is C20H26ClNO. The zero-order valence-electron chi connectivity index (χ0n) is 13.4. The first-order valence-electron chi connectivity index (χ1n) is 8.32. The van der Waals surface area contributed by atoms with Gasteiger partial charge in [-0.15, -0.1) is 12.4 Å². The predicted octanol–water partition coefficient (Wildman–Crippen LogP) is 4.25. The lowest BCUT2D eigenvalue weighted by Gasteiger charge is -2.40. The Morgan fingerprint density at radius 1 is 0.826 bits per heavy atom. The quantitative estimate of drug-likeness (QED) is 0.879. The van der Waals surface area contributed by atoms with Gasteiger partial charge in [0.05, 0.1) is 0 Å². The summed E-state index contributed by atoms with van der Waals surface area (Å²) in [6.07, 6.45) is 5.96. The maximum absolute atomic E-state index is 11.6. The largest absolute Gasteiger partial charge is 0.379 e. The van der Waals surface area contributed by atoms with Crippen LogP contribution in [0.25, 0.3) is 0 Å². The average Bonchev–Trinajstić information content (AvgIpc) is 2.62. The lowest BCUT2D eigenvalue weighted by atomic mass is 9.71. The van der Waals surface area contributed by atoms with Gasteiger partial charge in [0.25, 0.3) is 0 Å². The van der Waals surface area contributed by atoms with Gasteiger partial charge in [-0.1, -0.05) is 79.9 Å². The third-order valence-electron chi connectivity index (χ3n) is 5.07. The molecule has 0 bridgehead atoms. The van der Waals surface area contributed by atoms with Crippen molar-refractivity contribution < 1.29 is 5.11 Å². The van der Waals surface area contributed by atoms with Crippen LogP contribution in [0.4, 0.5) is 0 Å². The number of aliphatic hydroxyl groups is 1. The Kier molecular flexibility index (Phi) is 6.23. The topological polar surface area (TPSA) is 46.2 Å². The second-order valence-corrected chi connectivity index (χ2v) is 6.42. The lowest BCUT2D eigenvalue weighted by Crippen LogP contribution is -2.51. The molecule has 3 N–H and O–H groups in total. The SMILES string of the molecule is Cl.NC(C1CCCCC1)C(O)(c1ccccc1)c1ccccc1. The van der Waals surface area contributed by atoms with Crippen molar-refractivity contribution in [1.29, 1.82) is 0 Å².